The van der Waals surface area contributed by atoms with Gasteiger partial charge >= 0.3 is 5.97 Å². The summed E-state index contributed by atoms with van der Waals surface area (Å²) in [6.45, 7) is 5.76. The molecule has 0 spiro atoms. The Balaban J connectivity index is 1.69. The minimum atomic E-state index is -0.816. The first-order valence-electron chi connectivity index (χ1n) is 8.69. The summed E-state index contributed by atoms with van der Waals surface area (Å²) in [5, 5.41) is 8.98. The molecule has 0 bridgehead atoms. The van der Waals surface area contributed by atoms with Crippen molar-refractivity contribution < 1.29 is 23.8 Å². The number of ether oxygens (including phenoxy) is 2. The maximum absolute atomic E-state index is 14.3. The Bertz CT molecular complexity index is 812. The topological polar surface area (TPSA) is 55.8 Å². The SMILES string of the molecule is CC(Cc1ccc(OCc2c(F)ccc3c2CC(C)(C)O3)cc1)C(=O)O. The molecule has 138 valence electrons. The molecule has 4 nitrogen and oxygen atoms in total. The van der Waals surface area contributed by atoms with Gasteiger partial charge in [-0.05, 0) is 50.1 Å². The van der Waals surface area contributed by atoms with Gasteiger partial charge in [0.1, 0.15) is 29.5 Å². The number of halogens is 1. The predicted molar refractivity (Wildman–Crippen MR) is 96.1 cm³/mol. The first-order chi connectivity index (χ1) is 12.2. The fraction of sp³-hybridized carbons (Fsp3) is 0.381. The van der Waals surface area contributed by atoms with Crippen LogP contribution in [0.3, 0.4) is 0 Å². The number of aliphatic carboxylic acids is 1. The van der Waals surface area contributed by atoms with Crippen LogP contribution in [0.4, 0.5) is 4.39 Å². The van der Waals surface area contributed by atoms with Crippen molar-refractivity contribution in [1.82, 2.24) is 0 Å². The van der Waals surface area contributed by atoms with Crippen LogP contribution in [-0.4, -0.2) is 16.7 Å². The zero-order valence-electron chi connectivity index (χ0n) is 15.2. The fourth-order valence-electron chi connectivity index (χ4n) is 3.17. The molecule has 1 atom stereocenters. The first-order valence-corrected chi connectivity index (χ1v) is 8.69. The van der Waals surface area contributed by atoms with Gasteiger partial charge in [0.25, 0.3) is 0 Å². The number of fused-ring (bicyclic) bond motifs is 1. The average Bonchev–Trinajstić information content (AvgIpc) is 2.89. The summed E-state index contributed by atoms with van der Waals surface area (Å²) in [6, 6.07) is 10.3. The van der Waals surface area contributed by atoms with E-state index in [1.54, 1.807) is 25.1 Å². The highest BCUT2D eigenvalue weighted by molar-refractivity contribution is 5.69. The summed E-state index contributed by atoms with van der Waals surface area (Å²) < 4.78 is 25.9. The van der Waals surface area contributed by atoms with Gasteiger partial charge in [0, 0.05) is 17.5 Å². The molecule has 0 aromatic heterocycles. The molecule has 3 rings (SSSR count). The summed E-state index contributed by atoms with van der Waals surface area (Å²) in [7, 11) is 0. The predicted octanol–water partition coefficient (Wildman–Crippen LogP) is 4.38. The van der Waals surface area contributed by atoms with Crippen molar-refractivity contribution in [2.75, 3.05) is 0 Å². The molecule has 26 heavy (non-hydrogen) atoms. The Morgan fingerprint density at radius 3 is 2.62 bits per heavy atom. The van der Waals surface area contributed by atoms with Gasteiger partial charge in [0.15, 0.2) is 0 Å². The molecule has 1 aliphatic heterocycles. The Morgan fingerprint density at radius 1 is 1.27 bits per heavy atom. The lowest BCUT2D eigenvalue weighted by Crippen LogP contribution is -2.24. The normalized spacial score (nSPS) is 15.8. The second-order valence-corrected chi connectivity index (χ2v) is 7.42. The molecule has 1 heterocycles. The Morgan fingerprint density at radius 2 is 1.96 bits per heavy atom. The van der Waals surface area contributed by atoms with Gasteiger partial charge in [-0.2, -0.15) is 0 Å². The summed E-state index contributed by atoms with van der Waals surface area (Å²) in [4.78, 5) is 10.9. The zero-order chi connectivity index (χ0) is 18.9. The number of carbonyl (C=O) groups is 1. The summed E-state index contributed by atoms with van der Waals surface area (Å²) in [5.74, 6) is -0.216. The van der Waals surface area contributed by atoms with Crippen LogP contribution in [0.5, 0.6) is 11.5 Å². The van der Waals surface area contributed by atoms with Crippen LogP contribution in [0, 0.1) is 11.7 Å². The van der Waals surface area contributed by atoms with E-state index in [-0.39, 0.29) is 18.0 Å². The zero-order valence-corrected chi connectivity index (χ0v) is 15.2. The van der Waals surface area contributed by atoms with E-state index in [2.05, 4.69) is 0 Å². The van der Waals surface area contributed by atoms with E-state index in [1.165, 1.54) is 6.07 Å². The van der Waals surface area contributed by atoms with Gasteiger partial charge in [0.05, 0.1) is 5.92 Å². The van der Waals surface area contributed by atoms with Crippen LogP contribution in [0.25, 0.3) is 0 Å². The minimum absolute atomic E-state index is 0.124. The van der Waals surface area contributed by atoms with Crippen molar-refractivity contribution in [2.24, 2.45) is 5.92 Å². The summed E-state index contributed by atoms with van der Waals surface area (Å²) in [6.07, 6.45) is 1.10. The number of benzene rings is 2. The number of hydrogen-bond acceptors (Lipinski definition) is 3. The lowest BCUT2D eigenvalue weighted by Gasteiger charge is -2.16. The van der Waals surface area contributed by atoms with Crippen LogP contribution in [0.15, 0.2) is 36.4 Å². The van der Waals surface area contributed by atoms with E-state index in [0.29, 0.717) is 29.9 Å². The van der Waals surface area contributed by atoms with Crippen LogP contribution in [0.2, 0.25) is 0 Å². The Hall–Kier alpha value is -2.56. The first kappa shape index (κ1) is 18.2. The summed E-state index contributed by atoms with van der Waals surface area (Å²) in [5.41, 5.74) is 1.97. The standard InChI is InChI=1S/C21H23FO4/c1-13(20(23)24)10-14-4-6-15(7-5-14)25-12-17-16-11-21(2,3)26-19(16)9-8-18(17)22/h4-9,13H,10-12H2,1-3H3,(H,23,24). The summed E-state index contributed by atoms with van der Waals surface area (Å²) >= 11 is 0. The third-order valence-electron chi connectivity index (χ3n) is 4.59. The van der Waals surface area contributed by atoms with E-state index in [9.17, 15) is 9.18 Å². The highest BCUT2D eigenvalue weighted by Crippen LogP contribution is 2.38. The molecule has 0 amide bonds. The lowest BCUT2D eigenvalue weighted by molar-refractivity contribution is -0.141. The smallest absolute Gasteiger partial charge is 0.306 e. The molecule has 1 unspecified atom stereocenters. The average molecular weight is 358 g/mol. The lowest BCUT2D eigenvalue weighted by atomic mass is 9.97. The molecule has 0 fully saturated rings. The molecule has 0 radical (unpaired) electrons. The van der Waals surface area contributed by atoms with Gasteiger partial charge < -0.3 is 14.6 Å². The molecule has 5 heteroatoms. The van der Waals surface area contributed by atoms with E-state index < -0.39 is 11.9 Å². The minimum Gasteiger partial charge on any atom is -0.489 e. The quantitative estimate of drug-likeness (QED) is 0.832. The number of carboxylic acids is 1. The molecule has 1 aliphatic rings. The van der Waals surface area contributed by atoms with Crippen LogP contribution < -0.4 is 9.47 Å². The highest BCUT2D eigenvalue weighted by atomic mass is 19.1. The third kappa shape index (κ3) is 3.98. The number of rotatable bonds is 6. The molecule has 0 saturated heterocycles. The van der Waals surface area contributed by atoms with Crippen LogP contribution in [-0.2, 0) is 24.2 Å². The Kier molecular flexibility index (Phi) is 4.90. The molecular formula is C21H23FO4. The van der Waals surface area contributed by atoms with Gasteiger partial charge in [-0.3, -0.25) is 4.79 Å². The van der Waals surface area contributed by atoms with Crippen molar-refractivity contribution in [1.29, 1.82) is 0 Å². The molecule has 0 aliphatic carbocycles. The van der Waals surface area contributed by atoms with Crippen molar-refractivity contribution in [3.8, 4) is 11.5 Å². The second-order valence-electron chi connectivity index (χ2n) is 7.42. The molecule has 2 aromatic rings. The van der Waals surface area contributed by atoms with E-state index >= 15 is 0 Å². The Labute approximate surface area is 152 Å². The maximum atomic E-state index is 14.3. The largest absolute Gasteiger partial charge is 0.489 e. The highest BCUT2D eigenvalue weighted by Gasteiger charge is 2.33. The van der Waals surface area contributed by atoms with E-state index in [4.69, 9.17) is 14.6 Å². The van der Waals surface area contributed by atoms with Crippen molar-refractivity contribution in [3.63, 3.8) is 0 Å². The monoisotopic (exact) mass is 358 g/mol. The molecule has 0 saturated carbocycles. The van der Waals surface area contributed by atoms with Gasteiger partial charge in [-0.1, -0.05) is 19.1 Å². The molecule has 1 N–H and O–H groups in total. The fourth-order valence-corrected chi connectivity index (χ4v) is 3.17. The molecule has 2 aromatic carbocycles. The number of hydrogen-bond donors (Lipinski definition) is 1. The molecular weight excluding hydrogens is 335 g/mol. The van der Waals surface area contributed by atoms with Crippen molar-refractivity contribution in [3.05, 3.63) is 58.9 Å². The van der Waals surface area contributed by atoms with E-state index in [0.717, 1.165) is 11.1 Å². The van der Waals surface area contributed by atoms with Gasteiger partial charge in [0.2, 0.25) is 0 Å². The number of carboxylic acid groups (broad SMARTS) is 1. The maximum Gasteiger partial charge on any atom is 0.306 e. The van der Waals surface area contributed by atoms with Crippen molar-refractivity contribution in [2.45, 2.75) is 45.8 Å². The van der Waals surface area contributed by atoms with Crippen LogP contribution in [0.1, 0.15) is 37.5 Å². The van der Waals surface area contributed by atoms with Gasteiger partial charge in [-0.15, -0.1) is 0 Å². The second kappa shape index (κ2) is 6.98. The third-order valence-corrected chi connectivity index (χ3v) is 4.59. The van der Waals surface area contributed by atoms with E-state index in [1.807, 2.05) is 26.0 Å². The van der Waals surface area contributed by atoms with Gasteiger partial charge in [-0.25, -0.2) is 4.39 Å². The van der Waals surface area contributed by atoms with Crippen LogP contribution >= 0.6 is 0 Å². The van der Waals surface area contributed by atoms with Crippen molar-refractivity contribution >= 4 is 5.97 Å².